The predicted octanol–water partition coefficient (Wildman–Crippen LogP) is 2.48. The number of nitrogens with one attached hydrogen (secondary N) is 1. The molecule has 0 aromatic heterocycles. The number of nitrogens with two attached hydrogens (primary N) is 1. The molecule has 0 aliphatic heterocycles. The number of carbonyl (C=O) groups excluding carboxylic acids is 1. The molecule has 0 aliphatic carbocycles. The second-order valence-corrected chi connectivity index (χ2v) is 5.35. The Morgan fingerprint density at radius 1 is 1.56 bits per heavy atom. The molecule has 0 aliphatic rings. The number of amides is 1. The Kier molecular flexibility index (Phi) is 5.87. The summed E-state index contributed by atoms with van der Waals surface area (Å²) in [6.07, 6.45) is 1.46. The van der Waals surface area contributed by atoms with E-state index in [2.05, 4.69) is 28.3 Å². The highest BCUT2D eigenvalue weighted by Crippen LogP contribution is 2.28. The Labute approximate surface area is 108 Å². The summed E-state index contributed by atoms with van der Waals surface area (Å²) in [4.78, 5) is 12.3. The van der Waals surface area contributed by atoms with E-state index in [9.17, 15) is 4.79 Å². The maximum Gasteiger partial charge on any atom is 0.238 e. The molecule has 0 bridgehead atoms. The quantitative estimate of drug-likeness (QED) is 0.380. The fraction of sp³-hybridized carbons (Fsp3) is 0.364. The van der Waals surface area contributed by atoms with Gasteiger partial charge >= 0.3 is 0 Å². The van der Waals surface area contributed by atoms with Gasteiger partial charge in [0.15, 0.2) is 0 Å². The van der Waals surface area contributed by atoms with Crippen molar-refractivity contribution < 1.29 is 4.79 Å². The van der Waals surface area contributed by atoms with E-state index in [1.807, 2.05) is 30.0 Å². The average molecular weight is 303 g/mol. The van der Waals surface area contributed by atoms with Crippen molar-refractivity contribution in [1.29, 1.82) is 0 Å². The summed E-state index contributed by atoms with van der Waals surface area (Å²) in [5.41, 5.74) is 3.08. The number of rotatable bonds is 5. The van der Waals surface area contributed by atoms with Crippen molar-refractivity contribution in [2.24, 2.45) is 5.84 Å². The van der Waals surface area contributed by atoms with Crippen LogP contribution in [0.2, 0.25) is 0 Å². The molecule has 3 N–H and O–H groups in total. The van der Waals surface area contributed by atoms with Crippen LogP contribution in [-0.4, -0.2) is 11.7 Å². The highest BCUT2D eigenvalue weighted by Gasteiger charge is 2.05. The van der Waals surface area contributed by atoms with Crippen LogP contribution in [0.25, 0.3) is 0 Å². The van der Waals surface area contributed by atoms with E-state index in [0.29, 0.717) is 6.42 Å². The third kappa shape index (κ3) is 4.15. The van der Waals surface area contributed by atoms with Crippen LogP contribution >= 0.6 is 27.7 Å². The first-order valence-electron chi connectivity index (χ1n) is 5.08. The molecule has 0 fully saturated rings. The molecule has 1 rings (SSSR count). The normalized spacial score (nSPS) is 10.2. The van der Waals surface area contributed by atoms with Gasteiger partial charge in [0.05, 0.1) is 6.42 Å². The minimum Gasteiger partial charge on any atom is -0.294 e. The molecule has 0 heterocycles. The van der Waals surface area contributed by atoms with E-state index in [-0.39, 0.29) is 5.91 Å². The van der Waals surface area contributed by atoms with Gasteiger partial charge in [-0.2, -0.15) is 0 Å². The Morgan fingerprint density at radius 3 is 2.88 bits per heavy atom. The number of halogens is 1. The largest absolute Gasteiger partial charge is 0.294 e. The van der Waals surface area contributed by atoms with Crippen molar-refractivity contribution in [3.63, 3.8) is 0 Å². The third-order valence-corrected chi connectivity index (χ3v) is 4.18. The fourth-order valence-corrected chi connectivity index (χ4v) is 2.77. The first kappa shape index (κ1) is 13.5. The molecular formula is C11H15BrN2OS. The Balaban J connectivity index is 2.70. The van der Waals surface area contributed by atoms with E-state index in [4.69, 9.17) is 5.84 Å². The van der Waals surface area contributed by atoms with Gasteiger partial charge in [0.2, 0.25) is 5.91 Å². The van der Waals surface area contributed by atoms with Gasteiger partial charge in [0.25, 0.3) is 0 Å². The molecule has 1 aromatic rings. The molecule has 5 heteroatoms. The van der Waals surface area contributed by atoms with Gasteiger partial charge in [-0.1, -0.05) is 13.0 Å². The lowest BCUT2D eigenvalue weighted by Crippen LogP contribution is -2.31. The van der Waals surface area contributed by atoms with Crippen molar-refractivity contribution in [2.45, 2.75) is 24.7 Å². The number of carbonyl (C=O) groups is 1. The summed E-state index contributed by atoms with van der Waals surface area (Å²) in [6, 6.07) is 5.95. The lowest BCUT2D eigenvalue weighted by Gasteiger charge is -2.06. The molecule has 1 amide bonds. The molecular weight excluding hydrogens is 288 g/mol. The highest BCUT2D eigenvalue weighted by molar-refractivity contribution is 9.10. The molecule has 0 atom stereocenters. The third-order valence-electron chi connectivity index (χ3n) is 1.98. The van der Waals surface area contributed by atoms with Crippen LogP contribution in [0.1, 0.15) is 18.9 Å². The van der Waals surface area contributed by atoms with Crippen molar-refractivity contribution in [1.82, 2.24) is 5.43 Å². The van der Waals surface area contributed by atoms with Crippen LogP contribution < -0.4 is 11.3 Å². The van der Waals surface area contributed by atoms with Crippen molar-refractivity contribution in [3.05, 3.63) is 28.2 Å². The first-order chi connectivity index (χ1) is 7.67. The Hall–Kier alpha value is -0.520. The van der Waals surface area contributed by atoms with E-state index in [1.54, 1.807) is 0 Å². The van der Waals surface area contributed by atoms with Gasteiger partial charge < -0.3 is 0 Å². The molecule has 0 unspecified atom stereocenters. The van der Waals surface area contributed by atoms with E-state index < -0.39 is 0 Å². The lowest BCUT2D eigenvalue weighted by atomic mass is 10.1. The van der Waals surface area contributed by atoms with E-state index >= 15 is 0 Å². The number of hydrazine groups is 1. The number of hydrogen-bond donors (Lipinski definition) is 2. The zero-order valence-electron chi connectivity index (χ0n) is 9.13. The van der Waals surface area contributed by atoms with E-state index in [1.165, 1.54) is 4.90 Å². The number of hydrogen-bond acceptors (Lipinski definition) is 3. The van der Waals surface area contributed by atoms with Crippen LogP contribution in [0, 0.1) is 0 Å². The van der Waals surface area contributed by atoms with Gasteiger partial charge in [-0.3, -0.25) is 10.2 Å². The Morgan fingerprint density at radius 2 is 2.31 bits per heavy atom. The molecule has 1 aromatic carbocycles. The summed E-state index contributed by atoms with van der Waals surface area (Å²) < 4.78 is 1.04. The van der Waals surface area contributed by atoms with Crippen LogP contribution in [0.3, 0.4) is 0 Å². The van der Waals surface area contributed by atoms with Crippen LogP contribution in [0.4, 0.5) is 0 Å². The van der Waals surface area contributed by atoms with Crippen molar-refractivity contribution >= 4 is 33.6 Å². The van der Waals surface area contributed by atoms with Crippen molar-refractivity contribution in [2.75, 3.05) is 5.75 Å². The first-order valence-corrected chi connectivity index (χ1v) is 6.86. The fourth-order valence-electron chi connectivity index (χ4n) is 1.22. The SMILES string of the molecule is CCCSc1ccc(CC(=O)NN)cc1Br. The summed E-state index contributed by atoms with van der Waals surface area (Å²) in [7, 11) is 0. The van der Waals surface area contributed by atoms with Gasteiger partial charge in [-0.05, 0) is 45.8 Å². The zero-order chi connectivity index (χ0) is 12.0. The molecule has 3 nitrogen and oxygen atoms in total. The predicted molar refractivity (Wildman–Crippen MR) is 71.2 cm³/mol. The Bertz CT molecular complexity index is 371. The van der Waals surface area contributed by atoms with Gasteiger partial charge in [-0.25, -0.2) is 5.84 Å². The minimum atomic E-state index is -0.180. The monoisotopic (exact) mass is 302 g/mol. The smallest absolute Gasteiger partial charge is 0.238 e. The summed E-state index contributed by atoms with van der Waals surface area (Å²) >= 11 is 5.31. The molecule has 0 spiro atoms. The molecule has 88 valence electrons. The maximum atomic E-state index is 11.1. The van der Waals surface area contributed by atoms with Gasteiger partial charge in [0, 0.05) is 9.37 Å². The maximum absolute atomic E-state index is 11.1. The summed E-state index contributed by atoms with van der Waals surface area (Å²) in [5.74, 6) is 5.96. The second-order valence-electron chi connectivity index (χ2n) is 3.36. The molecule has 0 radical (unpaired) electrons. The number of benzene rings is 1. The van der Waals surface area contributed by atoms with Gasteiger partial charge in [0.1, 0.15) is 0 Å². The van der Waals surface area contributed by atoms with Crippen molar-refractivity contribution in [3.8, 4) is 0 Å². The molecule has 0 saturated carbocycles. The van der Waals surface area contributed by atoms with Gasteiger partial charge in [-0.15, -0.1) is 11.8 Å². The zero-order valence-corrected chi connectivity index (χ0v) is 11.5. The lowest BCUT2D eigenvalue weighted by molar-refractivity contribution is -0.120. The number of thioether (sulfide) groups is 1. The van der Waals surface area contributed by atoms with Crippen LogP contribution in [-0.2, 0) is 11.2 Å². The summed E-state index contributed by atoms with van der Waals surface area (Å²) in [6.45, 7) is 2.15. The minimum absolute atomic E-state index is 0.180. The van der Waals surface area contributed by atoms with Crippen LogP contribution in [0.15, 0.2) is 27.6 Å². The standard InChI is InChI=1S/C11H15BrN2OS/c1-2-5-16-10-4-3-8(6-9(10)12)7-11(15)14-13/h3-4,6H,2,5,7,13H2,1H3,(H,14,15). The topological polar surface area (TPSA) is 55.1 Å². The second kappa shape index (κ2) is 6.93. The average Bonchev–Trinajstić information content (AvgIpc) is 2.28. The molecule has 16 heavy (non-hydrogen) atoms. The highest BCUT2D eigenvalue weighted by atomic mass is 79.9. The van der Waals surface area contributed by atoms with Crippen LogP contribution in [0.5, 0.6) is 0 Å². The molecule has 0 saturated heterocycles. The van der Waals surface area contributed by atoms with E-state index in [0.717, 1.165) is 22.2 Å². The summed E-state index contributed by atoms with van der Waals surface area (Å²) in [5, 5.41) is 0.